The molecule has 1 aliphatic heterocycles. The van der Waals surface area contributed by atoms with Crippen molar-refractivity contribution in [2.45, 2.75) is 18.9 Å². The van der Waals surface area contributed by atoms with E-state index >= 15 is 0 Å². The van der Waals surface area contributed by atoms with Crippen molar-refractivity contribution in [1.82, 2.24) is 4.90 Å². The molecule has 0 aliphatic carbocycles. The Balaban J connectivity index is 2.43. The first-order valence-corrected chi connectivity index (χ1v) is 5.92. The maximum absolute atomic E-state index is 12.3. The largest absolute Gasteiger partial charge is 0.478 e. The van der Waals surface area contributed by atoms with Gasteiger partial charge in [-0.2, -0.15) is 0 Å². The van der Waals surface area contributed by atoms with Gasteiger partial charge in [0.2, 0.25) is 5.91 Å². The lowest BCUT2D eigenvalue weighted by atomic mass is 10.0. The number of nitrogens with zero attached hydrogens (tertiary/aromatic N) is 1. The van der Waals surface area contributed by atoms with Crippen molar-refractivity contribution in [1.29, 1.82) is 0 Å². The van der Waals surface area contributed by atoms with Gasteiger partial charge in [-0.3, -0.25) is 14.4 Å². The van der Waals surface area contributed by atoms with Crippen LogP contribution in [0.4, 0.5) is 0 Å². The Kier molecular flexibility index (Phi) is 3.62. The fourth-order valence-electron chi connectivity index (χ4n) is 1.99. The van der Waals surface area contributed by atoms with Gasteiger partial charge in [0.05, 0.1) is 17.2 Å². The Morgan fingerprint density at radius 3 is 2.40 bits per heavy atom. The van der Waals surface area contributed by atoms with Crippen molar-refractivity contribution in [3.05, 3.63) is 35.4 Å². The van der Waals surface area contributed by atoms with E-state index in [0.29, 0.717) is 4.90 Å². The summed E-state index contributed by atoms with van der Waals surface area (Å²) in [5.41, 5.74) is 5.05. The molecule has 1 aliphatic rings. The number of rotatable bonds is 2. The van der Waals surface area contributed by atoms with Crippen LogP contribution in [0.1, 0.15) is 33.6 Å². The van der Waals surface area contributed by atoms with E-state index in [2.05, 4.69) is 0 Å². The predicted molar refractivity (Wildman–Crippen MR) is 66.8 cm³/mol. The van der Waals surface area contributed by atoms with E-state index in [0.717, 1.165) is 0 Å². The molecule has 1 fully saturated rings. The summed E-state index contributed by atoms with van der Waals surface area (Å²) >= 11 is 0. The minimum absolute atomic E-state index is 0.0200. The number of nitrogens with two attached hydrogens (primary N) is 1. The molecule has 0 bridgehead atoms. The maximum Gasteiger partial charge on any atom is 0.336 e. The summed E-state index contributed by atoms with van der Waals surface area (Å²) in [7, 11) is 0. The molecule has 1 saturated heterocycles. The standard InChI is InChI=1S/C13H12N2O5/c14-9-5-6-10(16)15(12(9)18)11(17)7-3-1-2-4-8(7)13(19)20/h1-4,9H,5-6,14H2,(H,19,20)/t9-/m0/s1. The van der Waals surface area contributed by atoms with Crippen LogP contribution in [0.2, 0.25) is 0 Å². The molecule has 0 unspecified atom stereocenters. The quantitative estimate of drug-likeness (QED) is 0.734. The molecule has 3 N–H and O–H groups in total. The number of carboxylic acids is 1. The van der Waals surface area contributed by atoms with Crippen LogP contribution < -0.4 is 5.73 Å². The molecule has 3 amide bonds. The molecule has 0 saturated carbocycles. The summed E-state index contributed by atoms with van der Waals surface area (Å²) in [5, 5.41) is 9.03. The van der Waals surface area contributed by atoms with Gasteiger partial charge in [-0.1, -0.05) is 12.1 Å². The SMILES string of the molecule is N[C@H]1CCC(=O)N(C(=O)c2ccccc2C(=O)O)C1=O. The number of amides is 3. The Labute approximate surface area is 114 Å². The number of aromatic carboxylic acids is 1. The van der Waals surface area contributed by atoms with Crippen molar-refractivity contribution >= 4 is 23.7 Å². The van der Waals surface area contributed by atoms with Crippen LogP contribution in [0, 0.1) is 0 Å². The van der Waals surface area contributed by atoms with Gasteiger partial charge in [0.25, 0.3) is 11.8 Å². The van der Waals surface area contributed by atoms with E-state index in [1.54, 1.807) is 0 Å². The van der Waals surface area contributed by atoms with Gasteiger partial charge in [-0.25, -0.2) is 9.69 Å². The number of carbonyl (C=O) groups is 4. The lowest BCUT2D eigenvalue weighted by molar-refractivity contribution is -0.145. The lowest BCUT2D eigenvalue weighted by Gasteiger charge is -2.27. The molecule has 0 spiro atoms. The number of carboxylic acid groups (broad SMARTS) is 1. The lowest BCUT2D eigenvalue weighted by Crippen LogP contribution is -2.53. The average molecular weight is 276 g/mol. The molecule has 7 nitrogen and oxygen atoms in total. The highest BCUT2D eigenvalue weighted by molar-refractivity contribution is 6.20. The molecule has 1 aromatic rings. The summed E-state index contributed by atoms with van der Waals surface area (Å²) in [4.78, 5) is 47.3. The first-order valence-electron chi connectivity index (χ1n) is 5.92. The molecule has 2 rings (SSSR count). The van der Waals surface area contributed by atoms with Gasteiger partial charge in [0, 0.05) is 6.42 Å². The average Bonchev–Trinajstić information content (AvgIpc) is 2.43. The van der Waals surface area contributed by atoms with Gasteiger partial charge in [-0.05, 0) is 18.6 Å². The molecular formula is C13H12N2O5. The van der Waals surface area contributed by atoms with Crippen LogP contribution >= 0.6 is 0 Å². The first kappa shape index (κ1) is 13.9. The Hall–Kier alpha value is -2.54. The molecule has 1 heterocycles. The zero-order valence-corrected chi connectivity index (χ0v) is 10.4. The second-order valence-corrected chi connectivity index (χ2v) is 4.37. The molecular weight excluding hydrogens is 264 g/mol. The fraction of sp³-hybridized carbons (Fsp3) is 0.231. The first-order chi connectivity index (χ1) is 9.43. The molecule has 104 valence electrons. The van der Waals surface area contributed by atoms with Crippen molar-refractivity contribution in [3.8, 4) is 0 Å². The van der Waals surface area contributed by atoms with E-state index in [9.17, 15) is 19.2 Å². The minimum Gasteiger partial charge on any atom is -0.478 e. The summed E-state index contributed by atoms with van der Waals surface area (Å²) in [6.45, 7) is 0. The number of hydrogen-bond acceptors (Lipinski definition) is 5. The van der Waals surface area contributed by atoms with Gasteiger partial charge >= 0.3 is 5.97 Å². The van der Waals surface area contributed by atoms with E-state index in [-0.39, 0.29) is 24.0 Å². The number of hydrogen-bond donors (Lipinski definition) is 2. The second-order valence-electron chi connectivity index (χ2n) is 4.37. The number of carbonyl (C=O) groups excluding carboxylic acids is 3. The van der Waals surface area contributed by atoms with E-state index in [1.165, 1.54) is 24.3 Å². The topological polar surface area (TPSA) is 118 Å². The monoisotopic (exact) mass is 276 g/mol. The molecule has 7 heteroatoms. The highest BCUT2D eigenvalue weighted by atomic mass is 16.4. The zero-order chi connectivity index (χ0) is 14.9. The van der Waals surface area contributed by atoms with Crippen LogP contribution in [0.25, 0.3) is 0 Å². The van der Waals surface area contributed by atoms with E-state index < -0.39 is 29.7 Å². The third-order valence-corrected chi connectivity index (χ3v) is 3.05. The summed E-state index contributed by atoms with van der Waals surface area (Å²) in [6, 6.07) is 4.47. The third kappa shape index (κ3) is 2.30. The molecule has 0 radical (unpaired) electrons. The molecule has 20 heavy (non-hydrogen) atoms. The highest BCUT2D eigenvalue weighted by Gasteiger charge is 2.38. The van der Waals surface area contributed by atoms with Crippen LogP contribution in [-0.4, -0.2) is 39.7 Å². The summed E-state index contributed by atoms with van der Waals surface area (Å²) in [6.07, 6.45) is 0.163. The van der Waals surface area contributed by atoms with E-state index in [1.807, 2.05) is 0 Å². The van der Waals surface area contributed by atoms with Crippen LogP contribution in [0.5, 0.6) is 0 Å². The summed E-state index contributed by atoms with van der Waals surface area (Å²) < 4.78 is 0. The third-order valence-electron chi connectivity index (χ3n) is 3.05. The maximum atomic E-state index is 12.3. The van der Waals surface area contributed by atoms with Crippen LogP contribution in [-0.2, 0) is 9.59 Å². The number of likely N-dealkylation sites (tertiary alicyclic amines) is 1. The van der Waals surface area contributed by atoms with Crippen LogP contribution in [0.15, 0.2) is 24.3 Å². The highest BCUT2D eigenvalue weighted by Crippen LogP contribution is 2.18. The van der Waals surface area contributed by atoms with Crippen LogP contribution in [0.3, 0.4) is 0 Å². The van der Waals surface area contributed by atoms with Crippen molar-refractivity contribution in [2.75, 3.05) is 0 Å². The Morgan fingerprint density at radius 1 is 1.20 bits per heavy atom. The van der Waals surface area contributed by atoms with Crippen molar-refractivity contribution < 1.29 is 24.3 Å². The molecule has 1 atom stereocenters. The smallest absolute Gasteiger partial charge is 0.336 e. The number of imide groups is 3. The zero-order valence-electron chi connectivity index (χ0n) is 10.4. The summed E-state index contributed by atoms with van der Waals surface area (Å²) in [5.74, 6) is -3.73. The fourth-order valence-corrected chi connectivity index (χ4v) is 1.99. The minimum atomic E-state index is -1.31. The van der Waals surface area contributed by atoms with Gasteiger partial charge in [0.15, 0.2) is 0 Å². The van der Waals surface area contributed by atoms with E-state index in [4.69, 9.17) is 10.8 Å². The van der Waals surface area contributed by atoms with Crippen molar-refractivity contribution in [2.24, 2.45) is 5.73 Å². The van der Waals surface area contributed by atoms with Gasteiger partial charge in [-0.15, -0.1) is 0 Å². The normalized spacial score (nSPS) is 19.1. The number of benzene rings is 1. The van der Waals surface area contributed by atoms with Crippen molar-refractivity contribution in [3.63, 3.8) is 0 Å². The molecule has 0 aromatic heterocycles. The Morgan fingerprint density at radius 2 is 1.80 bits per heavy atom. The number of piperidine rings is 1. The van der Waals surface area contributed by atoms with Gasteiger partial charge < -0.3 is 10.8 Å². The second kappa shape index (κ2) is 5.22. The molecule has 1 aromatic carbocycles. The van der Waals surface area contributed by atoms with Gasteiger partial charge in [0.1, 0.15) is 0 Å². The predicted octanol–water partition coefficient (Wildman–Crippen LogP) is 0.00130. The Bertz CT molecular complexity index is 611.